The van der Waals surface area contributed by atoms with Crippen LogP contribution in [0.3, 0.4) is 0 Å². The van der Waals surface area contributed by atoms with Gasteiger partial charge in [-0.05, 0) is 20.3 Å². The van der Waals surface area contributed by atoms with Gasteiger partial charge in [-0.3, -0.25) is 0 Å². The number of nitrogens with one attached hydrogen (secondary N) is 2. The number of nitrogens with zero attached hydrogens (tertiary/aromatic N) is 6. The van der Waals surface area contributed by atoms with Gasteiger partial charge in [-0.1, -0.05) is 18.5 Å². The second kappa shape index (κ2) is 6.96. The Bertz CT molecular complexity index is 860. The summed E-state index contributed by atoms with van der Waals surface area (Å²) in [6, 6.07) is 1.94. The summed E-state index contributed by atoms with van der Waals surface area (Å²) >= 11 is 6.18. The number of hydrogen-bond acceptors (Lipinski definition) is 7. The number of rotatable bonds is 6. The van der Waals surface area contributed by atoms with Gasteiger partial charge in [0.2, 0.25) is 0 Å². The predicted octanol–water partition coefficient (Wildman–Crippen LogP) is 2.27. The standard InChI is InChI=1S/C15H19ClN8/c1-4-11-13(16)22-10(3)23-14(11)18-6-5-17-12-7-9(2)21-15-19-8-20-24(12)15/h7-8,17H,4-6H2,1-3H3,(H,18,22,23). The van der Waals surface area contributed by atoms with Crippen molar-refractivity contribution in [1.29, 1.82) is 0 Å². The van der Waals surface area contributed by atoms with Gasteiger partial charge in [-0.25, -0.2) is 15.0 Å². The van der Waals surface area contributed by atoms with Crippen molar-refractivity contribution in [2.75, 3.05) is 23.7 Å². The summed E-state index contributed by atoms with van der Waals surface area (Å²) < 4.78 is 1.68. The summed E-state index contributed by atoms with van der Waals surface area (Å²) in [5, 5.41) is 11.3. The molecule has 0 aromatic carbocycles. The van der Waals surface area contributed by atoms with E-state index in [0.29, 0.717) is 29.8 Å². The summed E-state index contributed by atoms with van der Waals surface area (Å²) in [6.07, 6.45) is 2.27. The number of hydrogen-bond donors (Lipinski definition) is 2. The van der Waals surface area contributed by atoms with Crippen molar-refractivity contribution in [1.82, 2.24) is 29.5 Å². The first-order valence-corrected chi connectivity index (χ1v) is 8.14. The molecule has 0 aliphatic heterocycles. The highest BCUT2D eigenvalue weighted by atomic mass is 35.5. The summed E-state index contributed by atoms with van der Waals surface area (Å²) in [5.41, 5.74) is 1.82. The summed E-state index contributed by atoms with van der Waals surface area (Å²) in [5.74, 6) is 2.87. The lowest BCUT2D eigenvalue weighted by Gasteiger charge is -2.13. The van der Waals surface area contributed by atoms with Gasteiger partial charge >= 0.3 is 0 Å². The number of aryl methyl sites for hydroxylation is 2. The minimum absolute atomic E-state index is 0.509. The van der Waals surface area contributed by atoms with E-state index in [1.54, 1.807) is 4.52 Å². The van der Waals surface area contributed by atoms with Crippen molar-refractivity contribution >= 4 is 29.0 Å². The van der Waals surface area contributed by atoms with Crippen molar-refractivity contribution < 1.29 is 0 Å². The summed E-state index contributed by atoms with van der Waals surface area (Å²) in [4.78, 5) is 17.1. The molecule has 126 valence electrons. The van der Waals surface area contributed by atoms with Gasteiger partial charge < -0.3 is 10.6 Å². The van der Waals surface area contributed by atoms with Crippen molar-refractivity contribution in [2.24, 2.45) is 0 Å². The van der Waals surface area contributed by atoms with Gasteiger partial charge in [-0.2, -0.15) is 14.6 Å². The minimum atomic E-state index is 0.509. The van der Waals surface area contributed by atoms with Gasteiger partial charge in [0.05, 0.1) is 0 Å². The lowest BCUT2D eigenvalue weighted by molar-refractivity contribution is 0.910. The molecule has 0 saturated carbocycles. The molecule has 24 heavy (non-hydrogen) atoms. The molecular weight excluding hydrogens is 328 g/mol. The zero-order chi connectivity index (χ0) is 17.1. The van der Waals surface area contributed by atoms with Crippen LogP contribution in [0.15, 0.2) is 12.4 Å². The van der Waals surface area contributed by atoms with Gasteiger partial charge in [0, 0.05) is 30.4 Å². The SMILES string of the molecule is CCc1c(Cl)nc(C)nc1NCCNc1cc(C)nc2ncnn12. The van der Waals surface area contributed by atoms with Crippen LogP contribution in [0, 0.1) is 13.8 Å². The van der Waals surface area contributed by atoms with Crippen LogP contribution in [0.25, 0.3) is 5.78 Å². The molecule has 0 aliphatic rings. The quantitative estimate of drug-likeness (QED) is 0.522. The molecule has 0 amide bonds. The molecule has 0 unspecified atom stereocenters. The van der Waals surface area contributed by atoms with Crippen molar-refractivity contribution in [3.05, 3.63) is 34.6 Å². The Labute approximate surface area is 144 Å². The maximum atomic E-state index is 6.18. The average Bonchev–Trinajstić information content (AvgIpc) is 2.99. The van der Waals surface area contributed by atoms with Gasteiger partial charge in [0.15, 0.2) is 0 Å². The van der Waals surface area contributed by atoms with E-state index >= 15 is 0 Å². The Kier molecular flexibility index (Phi) is 4.75. The molecule has 0 atom stereocenters. The highest BCUT2D eigenvalue weighted by Crippen LogP contribution is 2.21. The zero-order valence-electron chi connectivity index (χ0n) is 13.8. The molecule has 9 heteroatoms. The highest BCUT2D eigenvalue weighted by Gasteiger charge is 2.10. The Balaban J connectivity index is 1.66. The number of halogens is 1. The molecule has 0 bridgehead atoms. The maximum absolute atomic E-state index is 6.18. The average molecular weight is 347 g/mol. The maximum Gasteiger partial charge on any atom is 0.254 e. The fourth-order valence-corrected chi connectivity index (χ4v) is 2.79. The molecule has 3 rings (SSSR count). The third-order valence-corrected chi connectivity index (χ3v) is 3.84. The van der Waals surface area contributed by atoms with Gasteiger partial charge in [0.25, 0.3) is 5.78 Å². The molecule has 0 aliphatic carbocycles. The lowest BCUT2D eigenvalue weighted by Crippen LogP contribution is -2.18. The molecule has 3 aromatic rings. The van der Waals surface area contributed by atoms with E-state index in [0.717, 1.165) is 29.3 Å². The van der Waals surface area contributed by atoms with E-state index in [1.165, 1.54) is 6.33 Å². The minimum Gasteiger partial charge on any atom is -0.368 e. The molecule has 3 aromatic heterocycles. The van der Waals surface area contributed by atoms with Gasteiger partial charge in [-0.15, -0.1) is 0 Å². The smallest absolute Gasteiger partial charge is 0.254 e. The number of fused-ring (bicyclic) bond motifs is 1. The lowest BCUT2D eigenvalue weighted by atomic mass is 10.2. The normalized spacial score (nSPS) is 11.0. The van der Waals surface area contributed by atoms with Crippen LogP contribution in [0.4, 0.5) is 11.6 Å². The second-order valence-corrected chi connectivity index (χ2v) is 5.71. The van der Waals surface area contributed by atoms with Crippen LogP contribution in [0.5, 0.6) is 0 Å². The predicted molar refractivity (Wildman–Crippen MR) is 93.7 cm³/mol. The van der Waals surface area contributed by atoms with E-state index in [4.69, 9.17) is 11.6 Å². The Morgan fingerprint density at radius 2 is 1.92 bits per heavy atom. The van der Waals surface area contributed by atoms with E-state index in [1.807, 2.05) is 26.8 Å². The first-order chi connectivity index (χ1) is 11.6. The third kappa shape index (κ3) is 3.38. The molecule has 0 spiro atoms. The van der Waals surface area contributed by atoms with E-state index in [9.17, 15) is 0 Å². The van der Waals surface area contributed by atoms with E-state index < -0.39 is 0 Å². The molecule has 0 fully saturated rings. The fourth-order valence-electron chi connectivity index (χ4n) is 2.45. The van der Waals surface area contributed by atoms with Crippen molar-refractivity contribution in [3.63, 3.8) is 0 Å². The monoisotopic (exact) mass is 346 g/mol. The largest absolute Gasteiger partial charge is 0.368 e. The van der Waals surface area contributed by atoms with Crippen LogP contribution in [0.1, 0.15) is 24.0 Å². The van der Waals surface area contributed by atoms with Crippen LogP contribution in [0.2, 0.25) is 5.15 Å². The highest BCUT2D eigenvalue weighted by molar-refractivity contribution is 6.30. The van der Waals surface area contributed by atoms with Crippen LogP contribution < -0.4 is 10.6 Å². The fraction of sp³-hybridized carbons (Fsp3) is 0.400. The topological polar surface area (TPSA) is 92.9 Å². The Morgan fingerprint density at radius 1 is 1.12 bits per heavy atom. The second-order valence-electron chi connectivity index (χ2n) is 5.35. The molecule has 0 radical (unpaired) electrons. The first kappa shape index (κ1) is 16.4. The zero-order valence-corrected chi connectivity index (χ0v) is 14.6. The summed E-state index contributed by atoms with van der Waals surface area (Å²) in [6.45, 7) is 7.15. The van der Waals surface area contributed by atoms with Crippen molar-refractivity contribution in [3.8, 4) is 0 Å². The van der Waals surface area contributed by atoms with Crippen LogP contribution in [-0.2, 0) is 6.42 Å². The molecule has 2 N–H and O–H groups in total. The van der Waals surface area contributed by atoms with Crippen molar-refractivity contribution in [2.45, 2.75) is 27.2 Å². The van der Waals surface area contributed by atoms with Gasteiger partial charge in [0.1, 0.15) is 28.9 Å². The number of anilines is 2. The van der Waals surface area contributed by atoms with Crippen LogP contribution >= 0.6 is 11.6 Å². The summed E-state index contributed by atoms with van der Waals surface area (Å²) in [7, 11) is 0. The Morgan fingerprint density at radius 3 is 2.71 bits per heavy atom. The van der Waals surface area contributed by atoms with Crippen LogP contribution in [-0.4, -0.2) is 42.6 Å². The molecular formula is C15H19ClN8. The Hall–Kier alpha value is -2.48. The van der Waals surface area contributed by atoms with E-state index in [-0.39, 0.29) is 0 Å². The first-order valence-electron chi connectivity index (χ1n) is 7.76. The number of aromatic nitrogens is 6. The molecule has 8 nitrogen and oxygen atoms in total. The molecule has 3 heterocycles. The van der Waals surface area contributed by atoms with E-state index in [2.05, 4.69) is 35.7 Å². The third-order valence-electron chi connectivity index (χ3n) is 3.53. The molecule has 0 saturated heterocycles.